The fraction of sp³-hybridized carbons (Fsp3) is 0.333. The first-order chi connectivity index (χ1) is 14.6. The molecule has 0 bridgehead atoms. The average Bonchev–Trinajstić information content (AvgIpc) is 3.37. The number of furan rings is 1. The van der Waals surface area contributed by atoms with Crippen molar-refractivity contribution in [2.45, 2.75) is 32.6 Å². The molecule has 0 radical (unpaired) electrons. The van der Waals surface area contributed by atoms with Crippen LogP contribution in [-0.4, -0.2) is 34.9 Å². The van der Waals surface area contributed by atoms with Crippen LogP contribution < -0.4 is 15.5 Å². The van der Waals surface area contributed by atoms with E-state index < -0.39 is 0 Å². The monoisotopic (exact) mass is 425 g/mol. The fourth-order valence-corrected chi connectivity index (χ4v) is 4.09. The lowest BCUT2D eigenvalue weighted by Gasteiger charge is -2.28. The average molecular weight is 426 g/mol. The molecule has 3 aromatic heterocycles. The molecule has 0 aromatic carbocycles. The summed E-state index contributed by atoms with van der Waals surface area (Å²) in [5.41, 5.74) is 2.13. The van der Waals surface area contributed by atoms with Crippen LogP contribution in [0.3, 0.4) is 0 Å². The highest BCUT2D eigenvalue weighted by atomic mass is 32.1. The Bertz CT molecular complexity index is 1020. The van der Waals surface area contributed by atoms with E-state index >= 15 is 0 Å². The highest BCUT2D eigenvalue weighted by Gasteiger charge is 2.15. The first-order valence-electron chi connectivity index (χ1n) is 9.89. The van der Waals surface area contributed by atoms with E-state index in [0.717, 1.165) is 18.8 Å². The second-order valence-corrected chi connectivity index (χ2v) is 8.02. The van der Waals surface area contributed by atoms with Gasteiger partial charge in [-0.1, -0.05) is 0 Å². The van der Waals surface area contributed by atoms with Gasteiger partial charge >= 0.3 is 0 Å². The number of thiazole rings is 1. The zero-order valence-electron chi connectivity index (χ0n) is 16.7. The second kappa shape index (κ2) is 9.08. The summed E-state index contributed by atoms with van der Waals surface area (Å²) in [6.45, 7) is 3.83. The molecule has 2 N–H and O–H groups in total. The van der Waals surface area contributed by atoms with Crippen LogP contribution in [0.1, 0.15) is 41.1 Å². The smallest absolute Gasteiger partial charge is 0.260 e. The first kappa shape index (κ1) is 20.1. The highest BCUT2D eigenvalue weighted by molar-refractivity contribution is 7.14. The van der Waals surface area contributed by atoms with Gasteiger partial charge in [0.25, 0.3) is 5.91 Å². The van der Waals surface area contributed by atoms with Gasteiger partial charge < -0.3 is 14.6 Å². The van der Waals surface area contributed by atoms with E-state index in [2.05, 4.69) is 25.5 Å². The summed E-state index contributed by atoms with van der Waals surface area (Å²) in [5, 5.41) is 7.71. The molecule has 1 aliphatic rings. The Labute approximate surface area is 178 Å². The zero-order chi connectivity index (χ0) is 20.9. The van der Waals surface area contributed by atoms with Crippen molar-refractivity contribution in [2.75, 3.05) is 28.6 Å². The largest absolute Gasteiger partial charge is 0.469 e. The summed E-state index contributed by atoms with van der Waals surface area (Å²) >= 11 is 1.27. The molecule has 8 nitrogen and oxygen atoms in total. The number of carbonyl (C=O) groups is 2. The lowest BCUT2D eigenvalue weighted by Crippen LogP contribution is -2.29. The molecule has 1 aliphatic heterocycles. The summed E-state index contributed by atoms with van der Waals surface area (Å²) < 4.78 is 5.14. The van der Waals surface area contributed by atoms with Crippen molar-refractivity contribution in [3.63, 3.8) is 0 Å². The molecule has 0 aliphatic carbocycles. The predicted octanol–water partition coefficient (Wildman–Crippen LogP) is 3.86. The summed E-state index contributed by atoms with van der Waals surface area (Å²) in [6.07, 6.45) is 7.06. The fourth-order valence-electron chi connectivity index (χ4n) is 3.38. The number of piperidine rings is 1. The second-order valence-electron chi connectivity index (χ2n) is 7.16. The highest BCUT2D eigenvalue weighted by Crippen LogP contribution is 2.21. The van der Waals surface area contributed by atoms with Crippen LogP contribution in [0.4, 0.5) is 16.6 Å². The quantitative estimate of drug-likeness (QED) is 0.622. The molecule has 9 heteroatoms. The lowest BCUT2D eigenvalue weighted by atomic mass is 10.1. The molecule has 30 heavy (non-hydrogen) atoms. The lowest BCUT2D eigenvalue weighted by molar-refractivity contribution is -0.115. The van der Waals surface area contributed by atoms with Crippen molar-refractivity contribution in [2.24, 2.45) is 0 Å². The van der Waals surface area contributed by atoms with Crippen LogP contribution in [0.15, 0.2) is 40.5 Å². The maximum Gasteiger partial charge on any atom is 0.260 e. The van der Waals surface area contributed by atoms with E-state index in [9.17, 15) is 9.59 Å². The van der Waals surface area contributed by atoms with Gasteiger partial charge in [-0.25, -0.2) is 9.97 Å². The number of rotatable bonds is 6. The molecular formula is C21H23N5O3S. The Hall–Kier alpha value is -3.20. The first-order valence-corrected chi connectivity index (χ1v) is 10.8. The van der Waals surface area contributed by atoms with E-state index in [4.69, 9.17) is 4.42 Å². The van der Waals surface area contributed by atoms with Crippen molar-refractivity contribution < 1.29 is 14.0 Å². The van der Waals surface area contributed by atoms with Gasteiger partial charge in [-0.15, -0.1) is 11.3 Å². The van der Waals surface area contributed by atoms with E-state index in [-0.39, 0.29) is 18.2 Å². The number of nitrogens with one attached hydrogen (secondary N) is 2. The minimum absolute atomic E-state index is 0.104. The third-order valence-electron chi connectivity index (χ3n) is 4.95. The zero-order valence-corrected chi connectivity index (χ0v) is 17.5. The van der Waals surface area contributed by atoms with Gasteiger partial charge in [0.05, 0.1) is 35.8 Å². The summed E-state index contributed by atoms with van der Waals surface area (Å²) in [4.78, 5) is 35.5. The third kappa shape index (κ3) is 4.85. The van der Waals surface area contributed by atoms with E-state index in [0.29, 0.717) is 28.0 Å². The molecule has 0 spiro atoms. The summed E-state index contributed by atoms with van der Waals surface area (Å²) in [7, 11) is 0. The molecule has 1 saturated heterocycles. The molecule has 1 fully saturated rings. The number of carbonyl (C=O) groups excluding carboxylic acids is 2. The van der Waals surface area contributed by atoms with Crippen molar-refractivity contribution >= 4 is 39.8 Å². The summed E-state index contributed by atoms with van der Waals surface area (Å²) in [5.74, 6) is 0.564. The number of hydrogen-bond donors (Lipinski definition) is 2. The van der Waals surface area contributed by atoms with Gasteiger partial charge in [0.15, 0.2) is 5.13 Å². The van der Waals surface area contributed by atoms with Crippen molar-refractivity contribution in [1.82, 2.24) is 9.97 Å². The molecule has 0 unspecified atom stereocenters. The Balaban J connectivity index is 1.30. The Morgan fingerprint density at radius 3 is 2.70 bits per heavy atom. The van der Waals surface area contributed by atoms with Gasteiger partial charge in [0, 0.05) is 18.5 Å². The molecule has 0 saturated carbocycles. The van der Waals surface area contributed by atoms with Crippen LogP contribution in [0.25, 0.3) is 0 Å². The normalized spacial score (nSPS) is 13.8. The Kier molecular flexibility index (Phi) is 6.08. The van der Waals surface area contributed by atoms with Crippen LogP contribution in [0.5, 0.6) is 0 Å². The minimum Gasteiger partial charge on any atom is -0.469 e. The number of aromatic nitrogens is 2. The van der Waals surface area contributed by atoms with Gasteiger partial charge in [-0.2, -0.15) is 0 Å². The van der Waals surface area contributed by atoms with Crippen molar-refractivity contribution in [3.8, 4) is 0 Å². The van der Waals surface area contributed by atoms with Crippen LogP contribution >= 0.6 is 11.3 Å². The predicted molar refractivity (Wildman–Crippen MR) is 116 cm³/mol. The number of aryl methyl sites for hydroxylation is 1. The Morgan fingerprint density at radius 2 is 2.00 bits per heavy atom. The Morgan fingerprint density at radius 1 is 1.17 bits per heavy atom. The van der Waals surface area contributed by atoms with Crippen molar-refractivity contribution in [3.05, 3.63) is 53.1 Å². The molecular weight excluding hydrogens is 402 g/mol. The van der Waals surface area contributed by atoms with E-state index in [1.54, 1.807) is 24.6 Å². The molecule has 156 valence electrons. The number of nitrogens with zero attached hydrogens (tertiary/aromatic N) is 3. The van der Waals surface area contributed by atoms with Gasteiger partial charge in [0.1, 0.15) is 11.6 Å². The third-order valence-corrected chi connectivity index (χ3v) is 5.76. The summed E-state index contributed by atoms with van der Waals surface area (Å²) in [6, 6.07) is 5.42. The molecule has 2 amide bonds. The topological polar surface area (TPSA) is 100 Å². The van der Waals surface area contributed by atoms with Gasteiger partial charge in [-0.3, -0.25) is 14.9 Å². The molecule has 3 aromatic rings. The molecule has 4 heterocycles. The molecule has 0 atom stereocenters. The van der Waals surface area contributed by atoms with Gasteiger partial charge in [0.2, 0.25) is 5.91 Å². The maximum atomic E-state index is 12.3. The van der Waals surface area contributed by atoms with E-state index in [1.807, 2.05) is 12.1 Å². The standard InChI is InChI=1S/C21H23N5O3S/c1-14-17(7-10-29-14)20(28)25-21-23-15(13-30-21)11-19(27)24-18-6-5-16(12-22-18)26-8-3-2-4-9-26/h5-7,10,12-13H,2-4,8-9,11H2,1H3,(H,22,24,27)(H,23,25,28). The van der Waals surface area contributed by atoms with E-state index in [1.165, 1.54) is 36.9 Å². The number of pyridine rings is 1. The SMILES string of the molecule is Cc1occc1C(=O)Nc1nc(CC(=O)Nc2ccc(N3CCCCC3)cn2)cs1. The maximum absolute atomic E-state index is 12.3. The molecule has 4 rings (SSSR count). The van der Waals surface area contributed by atoms with Crippen LogP contribution in [0.2, 0.25) is 0 Å². The number of amides is 2. The van der Waals surface area contributed by atoms with Gasteiger partial charge in [-0.05, 0) is 44.4 Å². The van der Waals surface area contributed by atoms with Crippen LogP contribution in [0, 0.1) is 6.92 Å². The van der Waals surface area contributed by atoms with Crippen LogP contribution in [-0.2, 0) is 11.2 Å². The minimum atomic E-state index is -0.287. The number of anilines is 3. The number of hydrogen-bond acceptors (Lipinski definition) is 7. The van der Waals surface area contributed by atoms with Crippen molar-refractivity contribution in [1.29, 1.82) is 0 Å².